The van der Waals surface area contributed by atoms with E-state index in [1.54, 1.807) is 42.5 Å². The zero-order valence-corrected chi connectivity index (χ0v) is 17.2. The molecule has 0 aromatic heterocycles. The summed E-state index contributed by atoms with van der Waals surface area (Å²) >= 11 is 13.1. The van der Waals surface area contributed by atoms with Crippen LogP contribution in [0.2, 0.25) is 10.0 Å². The number of hydrogen-bond acceptors (Lipinski definition) is 3. The quantitative estimate of drug-likeness (QED) is 0.446. The van der Waals surface area contributed by atoms with Crippen LogP contribution in [0.15, 0.2) is 71.6 Å². The molecule has 0 aliphatic heterocycles. The monoisotopic (exact) mass is 448 g/mol. The van der Waals surface area contributed by atoms with E-state index >= 15 is 0 Å². The minimum Gasteiger partial charge on any atom is -0.325 e. The number of anilines is 2. The number of halogens is 3. The molecule has 0 bridgehead atoms. The number of carbonyl (C=O) groups excluding carboxylic acids is 2. The predicted octanol–water partition coefficient (Wildman–Crippen LogP) is 6.12. The molecule has 0 heterocycles. The van der Waals surface area contributed by atoms with Crippen LogP contribution < -0.4 is 10.6 Å². The van der Waals surface area contributed by atoms with Crippen LogP contribution in [0.5, 0.6) is 0 Å². The van der Waals surface area contributed by atoms with Crippen LogP contribution in [0.3, 0.4) is 0 Å². The Kier molecular flexibility index (Phi) is 7.14. The second-order valence-electron chi connectivity index (χ2n) is 5.96. The molecule has 2 N–H and O–H groups in total. The Bertz CT molecular complexity index is 1040. The smallest absolute Gasteiger partial charge is 0.258 e. The highest BCUT2D eigenvalue weighted by Gasteiger charge is 2.11. The van der Waals surface area contributed by atoms with Crippen molar-refractivity contribution in [3.05, 3.63) is 88.2 Å². The molecule has 4 nitrogen and oxygen atoms in total. The van der Waals surface area contributed by atoms with Crippen LogP contribution in [0.4, 0.5) is 15.8 Å². The summed E-state index contributed by atoms with van der Waals surface area (Å²) in [6.07, 6.45) is 0. The van der Waals surface area contributed by atoms with Gasteiger partial charge in [0, 0.05) is 26.3 Å². The van der Waals surface area contributed by atoms with E-state index in [1.165, 1.54) is 30.0 Å². The lowest BCUT2D eigenvalue weighted by atomic mass is 10.2. The van der Waals surface area contributed by atoms with Gasteiger partial charge < -0.3 is 10.6 Å². The first-order valence-electron chi connectivity index (χ1n) is 8.45. The maximum absolute atomic E-state index is 13.7. The Morgan fingerprint density at radius 3 is 2.31 bits per heavy atom. The van der Waals surface area contributed by atoms with Gasteiger partial charge in [0.2, 0.25) is 5.91 Å². The van der Waals surface area contributed by atoms with Gasteiger partial charge in [0.15, 0.2) is 0 Å². The van der Waals surface area contributed by atoms with Gasteiger partial charge in [-0.1, -0.05) is 41.4 Å². The van der Waals surface area contributed by atoms with Crippen molar-refractivity contribution in [3.63, 3.8) is 0 Å². The van der Waals surface area contributed by atoms with Gasteiger partial charge in [-0.3, -0.25) is 9.59 Å². The van der Waals surface area contributed by atoms with Crippen molar-refractivity contribution in [1.82, 2.24) is 0 Å². The van der Waals surface area contributed by atoms with Crippen molar-refractivity contribution >= 4 is 58.2 Å². The average molecular weight is 449 g/mol. The largest absolute Gasteiger partial charge is 0.325 e. The average Bonchev–Trinajstić information content (AvgIpc) is 2.66. The van der Waals surface area contributed by atoms with E-state index in [2.05, 4.69) is 10.6 Å². The molecule has 3 aromatic rings. The van der Waals surface area contributed by atoms with Crippen LogP contribution in [-0.2, 0) is 4.79 Å². The minimum absolute atomic E-state index is 0.0369. The summed E-state index contributed by atoms with van der Waals surface area (Å²) < 4.78 is 13.7. The number of rotatable bonds is 6. The van der Waals surface area contributed by atoms with Crippen molar-refractivity contribution in [1.29, 1.82) is 0 Å². The number of carbonyl (C=O) groups is 2. The van der Waals surface area contributed by atoms with Gasteiger partial charge in [-0.25, -0.2) is 4.39 Å². The number of benzene rings is 3. The van der Waals surface area contributed by atoms with Gasteiger partial charge in [0.25, 0.3) is 5.91 Å². The van der Waals surface area contributed by atoms with E-state index in [1.807, 2.05) is 6.07 Å². The molecular formula is C21H15Cl2FN2O2S. The van der Waals surface area contributed by atoms with Crippen LogP contribution in [0, 0.1) is 5.82 Å². The van der Waals surface area contributed by atoms with Gasteiger partial charge in [0.05, 0.1) is 11.3 Å². The Hall–Kier alpha value is -2.54. The highest BCUT2D eigenvalue weighted by molar-refractivity contribution is 8.00. The standard InChI is InChI=1S/C21H15Cl2FN2O2S/c22-13-8-14(23)10-16(9-13)25-20(27)12-29-17-5-3-4-15(11-17)26-21(28)18-6-1-2-7-19(18)24/h1-11H,12H2,(H,25,27)(H,26,28). The van der Waals surface area contributed by atoms with Crippen LogP contribution >= 0.6 is 35.0 Å². The Balaban J connectivity index is 1.59. The number of hydrogen-bond donors (Lipinski definition) is 2. The zero-order valence-electron chi connectivity index (χ0n) is 14.9. The molecule has 8 heteroatoms. The van der Waals surface area contributed by atoms with Crippen LogP contribution in [-0.4, -0.2) is 17.6 Å². The topological polar surface area (TPSA) is 58.2 Å². The fraction of sp³-hybridized carbons (Fsp3) is 0.0476. The van der Waals surface area contributed by atoms with Crippen molar-refractivity contribution in [2.24, 2.45) is 0 Å². The molecule has 0 aliphatic rings. The first-order chi connectivity index (χ1) is 13.9. The Labute approximate surface area is 181 Å². The van der Waals surface area contributed by atoms with E-state index in [0.29, 0.717) is 21.4 Å². The molecular weight excluding hydrogens is 434 g/mol. The third-order valence-electron chi connectivity index (χ3n) is 3.73. The van der Waals surface area contributed by atoms with Crippen molar-refractivity contribution < 1.29 is 14.0 Å². The highest BCUT2D eigenvalue weighted by atomic mass is 35.5. The molecule has 0 saturated heterocycles. The van der Waals surface area contributed by atoms with Crippen molar-refractivity contribution in [2.75, 3.05) is 16.4 Å². The van der Waals surface area contributed by atoms with E-state index in [-0.39, 0.29) is 17.2 Å². The first-order valence-corrected chi connectivity index (χ1v) is 10.2. The first kappa shape index (κ1) is 21.2. The summed E-state index contributed by atoms with van der Waals surface area (Å²) in [5, 5.41) is 6.24. The van der Waals surface area contributed by atoms with Gasteiger partial charge in [0.1, 0.15) is 5.82 Å². The third-order valence-corrected chi connectivity index (χ3v) is 5.16. The Morgan fingerprint density at radius 1 is 0.862 bits per heavy atom. The van der Waals surface area contributed by atoms with Crippen molar-refractivity contribution in [2.45, 2.75) is 4.90 Å². The fourth-order valence-electron chi connectivity index (χ4n) is 2.48. The molecule has 29 heavy (non-hydrogen) atoms. The zero-order chi connectivity index (χ0) is 20.8. The van der Waals surface area contributed by atoms with Gasteiger partial charge >= 0.3 is 0 Å². The summed E-state index contributed by atoms with van der Waals surface area (Å²) in [4.78, 5) is 25.2. The van der Waals surface area contributed by atoms with Crippen LogP contribution in [0.1, 0.15) is 10.4 Å². The molecule has 2 amide bonds. The third kappa shape index (κ3) is 6.22. The van der Waals surface area contributed by atoms with Crippen LogP contribution in [0.25, 0.3) is 0 Å². The second kappa shape index (κ2) is 9.78. The highest BCUT2D eigenvalue weighted by Crippen LogP contribution is 2.25. The fourth-order valence-corrected chi connectivity index (χ4v) is 3.76. The van der Waals surface area contributed by atoms with E-state index < -0.39 is 11.7 Å². The van der Waals surface area contributed by atoms with E-state index in [4.69, 9.17) is 23.2 Å². The summed E-state index contributed by atoms with van der Waals surface area (Å²) in [6.45, 7) is 0. The second-order valence-corrected chi connectivity index (χ2v) is 7.88. The SMILES string of the molecule is O=C(CSc1cccc(NC(=O)c2ccccc2F)c1)Nc1cc(Cl)cc(Cl)c1. The molecule has 0 aliphatic carbocycles. The predicted molar refractivity (Wildman–Crippen MR) is 117 cm³/mol. The molecule has 0 atom stereocenters. The Morgan fingerprint density at radius 2 is 1.59 bits per heavy atom. The molecule has 0 fully saturated rings. The summed E-state index contributed by atoms with van der Waals surface area (Å²) in [5.74, 6) is -1.21. The number of nitrogens with one attached hydrogen (secondary N) is 2. The molecule has 0 saturated carbocycles. The summed E-state index contributed by atoms with van der Waals surface area (Å²) in [7, 11) is 0. The van der Waals surface area contributed by atoms with Gasteiger partial charge in [-0.15, -0.1) is 11.8 Å². The van der Waals surface area contributed by atoms with Gasteiger partial charge in [-0.05, 0) is 48.5 Å². The van der Waals surface area contributed by atoms with Gasteiger partial charge in [-0.2, -0.15) is 0 Å². The van der Waals surface area contributed by atoms with E-state index in [9.17, 15) is 14.0 Å². The van der Waals surface area contributed by atoms with Crippen molar-refractivity contribution in [3.8, 4) is 0 Å². The lowest BCUT2D eigenvalue weighted by Crippen LogP contribution is -2.14. The minimum atomic E-state index is -0.590. The van der Waals surface area contributed by atoms with E-state index in [0.717, 1.165) is 4.90 Å². The normalized spacial score (nSPS) is 10.4. The summed E-state index contributed by atoms with van der Waals surface area (Å²) in [5.41, 5.74) is 0.981. The molecule has 0 spiro atoms. The number of amides is 2. The summed E-state index contributed by atoms with van der Waals surface area (Å²) in [6, 6.07) is 17.5. The molecule has 3 rings (SSSR count). The molecule has 0 radical (unpaired) electrons. The maximum Gasteiger partial charge on any atom is 0.258 e. The number of thioether (sulfide) groups is 1. The lowest BCUT2D eigenvalue weighted by Gasteiger charge is -2.09. The molecule has 0 unspecified atom stereocenters. The maximum atomic E-state index is 13.7. The molecule has 3 aromatic carbocycles. The lowest BCUT2D eigenvalue weighted by molar-refractivity contribution is -0.113. The molecule has 148 valence electrons.